The van der Waals surface area contributed by atoms with E-state index in [9.17, 15) is 4.79 Å². The number of halogens is 1. The molecular weight excluding hydrogens is 202 g/mol. The molecule has 4 nitrogen and oxygen atoms in total. The van der Waals surface area contributed by atoms with Crippen molar-refractivity contribution in [3.63, 3.8) is 0 Å². The first-order valence-corrected chi connectivity index (χ1v) is 5.00. The Balaban J connectivity index is 0.000000980. The molecule has 3 atom stereocenters. The third-order valence-corrected chi connectivity index (χ3v) is 3.18. The van der Waals surface area contributed by atoms with Crippen molar-refractivity contribution in [1.82, 2.24) is 10.6 Å². The Morgan fingerprint density at radius 3 is 2.64 bits per heavy atom. The molecule has 1 aliphatic heterocycles. The lowest BCUT2D eigenvalue weighted by atomic mass is 10.2. The molecule has 1 saturated heterocycles. The second-order valence-electron chi connectivity index (χ2n) is 4.04. The molecule has 0 aromatic heterocycles. The maximum Gasteiger partial charge on any atom is 0.237 e. The minimum absolute atomic E-state index is 0. The molecule has 0 spiro atoms. The normalized spacial score (nSPS) is 35.4. The minimum Gasteiger partial charge on any atom is -0.351 e. The van der Waals surface area contributed by atoms with Gasteiger partial charge in [-0.3, -0.25) is 4.79 Å². The van der Waals surface area contributed by atoms with Crippen LogP contribution in [-0.2, 0) is 4.79 Å². The Labute approximate surface area is 90.4 Å². The third-order valence-electron chi connectivity index (χ3n) is 3.18. The van der Waals surface area contributed by atoms with Crippen molar-refractivity contribution in [1.29, 1.82) is 0 Å². The maximum atomic E-state index is 11.4. The Bertz CT molecular complexity index is 214. The number of amides is 1. The van der Waals surface area contributed by atoms with Gasteiger partial charge in [0.25, 0.3) is 0 Å². The molecule has 82 valence electrons. The number of carbonyl (C=O) groups is 1. The summed E-state index contributed by atoms with van der Waals surface area (Å²) in [5.74, 6) is 1.36. The Hall–Kier alpha value is -0.320. The fourth-order valence-electron chi connectivity index (χ4n) is 2.09. The average Bonchev–Trinajstić information content (AvgIpc) is 2.63. The highest BCUT2D eigenvalue weighted by Crippen LogP contribution is 2.41. The summed E-state index contributed by atoms with van der Waals surface area (Å²) in [5.41, 5.74) is 5.62. The van der Waals surface area contributed by atoms with E-state index in [1.165, 1.54) is 0 Å². The lowest BCUT2D eigenvalue weighted by Gasteiger charge is -2.11. The monoisotopic (exact) mass is 219 g/mol. The fraction of sp³-hybridized carbons (Fsp3) is 0.889. The summed E-state index contributed by atoms with van der Waals surface area (Å²) in [6.07, 6.45) is 0.714. The van der Waals surface area contributed by atoms with Gasteiger partial charge in [0, 0.05) is 19.1 Å². The molecule has 14 heavy (non-hydrogen) atoms. The first kappa shape index (κ1) is 11.8. The summed E-state index contributed by atoms with van der Waals surface area (Å²) < 4.78 is 0. The van der Waals surface area contributed by atoms with Crippen molar-refractivity contribution in [2.24, 2.45) is 17.6 Å². The summed E-state index contributed by atoms with van der Waals surface area (Å²) in [4.78, 5) is 11.4. The zero-order chi connectivity index (χ0) is 9.42. The van der Waals surface area contributed by atoms with Crippen LogP contribution in [0.2, 0.25) is 0 Å². The van der Waals surface area contributed by atoms with Gasteiger partial charge in [-0.1, -0.05) is 6.92 Å². The number of fused-ring (bicyclic) bond motifs is 1. The molecule has 1 amide bonds. The Kier molecular flexibility index (Phi) is 3.75. The van der Waals surface area contributed by atoms with Crippen LogP contribution in [0.4, 0.5) is 0 Å². The van der Waals surface area contributed by atoms with Crippen molar-refractivity contribution >= 4 is 18.3 Å². The predicted molar refractivity (Wildman–Crippen MR) is 57.3 cm³/mol. The number of carbonyl (C=O) groups excluding carboxylic acids is 1. The quantitative estimate of drug-likeness (QED) is 0.599. The molecule has 2 rings (SSSR count). The van der Waals surface area contributed by atoms with Crippen LogP contribution in [-0.4, -0.2) is 31.1 Å². The fourth-order valence-corrected chi connectivity index (χ4v) is 2.09. The van der Waals surface area contributed by atoms with E-state index in [4.69, 9.17) is 5.73 Å². The van der Waals surface area contributed by atoms with Crippen LogP contribution in [0.25, 0.3) is 0 Å². The number of nitrogens with one attached hydrogen (secondary N) is 2. The summed E-state index contributed by atoms with van der Waals surface area (Å²) in [7, 11) is 0. The van der Waals surface area contributed by atoms with E-state index in [-0.39, 0.29) is 24.4 Å². The molecule has 1 heterocycles. The van der Waals surface area contributed by atoms with Crippen molar-refractivity contribution < 1.29 is 4.79 Å². The zero-order valence-electron chi connectivity index (χ0n) is 8.32. The first-order valence-electron chi connectivity index (χ1n) is 5.00. The molecule has 0 aromatic rings. The second kappa shape index (κ2) is 4.47. The Morgan fingerprint density at radius 2 is 2.14 bits per heavy atom. The van der Waals surface area contributed by atoms with E-state index < -0.39 is 0 Å². The van der Waals surface area contributed by atoms with Crippen molar-refractivity contribution in [2.75, 3.05) is 13.1 Å². The number of hydrogen-bond acceptors (Lipinski definition) is 3. The number of nitrogens with two attached hydrogens (primary N) is 1. The van der Waals surface area contributed by atoms with Gasteiger partial charge in [-0.25, -0.2) is 0 Å². The minimum atomic E-state index is -0.325. The van der Waals surface area contributed by atoms with Gasteiger partial charge in [-0.15, -0.1) is 12.4 Å². The molecule has 1 aliphatic carbocycles. The first-order chi connectivity index (χ1) is 6.24. The van der Waals surface area contributed by atoms with E-state index in [0.29, 0.717) is 24.3 Å². The molecule has 2 unspecified atom stereocenters. The van der Waals surface area contributed by atoms with Crippen LogP contribution in [0.5, 0.6) is 0 Å². The number of hydrogen-bond donors (Lipinski definition) is 3. The Morgan fingerprint density at radius 1 is 1.57 bits per heavy atom. The van der Waals surface area contributed by atoms with Crippen LogP contribution in [0.1, 0.15) is 13.3 Å². The van der Waals surface area contributed by atoms with Gasteiger partial charge in [0.2, 0.25) is 5.91 Å². The van der Waals surface area contributed by atoms with E-state index in [1.807, 2.05) is 6.92 Å². The summed E-state index contributed by atoms with van der Waals surface area (Å²) in [5, 5.41) is 6.29. The van der Waals surface area contributed by atoms with Gasteiger partial charge >= 0.3 is 0 Å². The van der Waals surface area contributed by atoms with Crippen LogP contribution in [0.15, 0.2) is 0 Å². The van der Waals surface area contributed by atoms with Crippen molar-refractivity contribution in [2.45, 2.75) is 25.4 Å². The molecule has 5 heteroatoms. The van der Waals surface area contributed by atoms with Crippen LogP contribution in [0, 0.1) is 11.8 Å². The highest BCUT2D eigenvalue weighted by molar-refractivity contribution is 5.85. The average molecular weight is 220 g/mol. The van der Waals surface area contributed by atoms with E-state index >= 15 is 0 Å². The smallest absolute Gasteiger partial charge is 0.237 e. The van der Waals surface area contributed by atoms with Gasteiger partial charge in [0.05, 0.1) is 6.04 Å². The van der Waals surface area contributed by atoms with Crippen LogP contribution < -0.4 is 16.4 Å². The molecular formula is C9H18ClN3O. The van der Waals surface area contributed by atoms with Gasteiger partial charge < -0.3 is 16.4 Å². The van der Waals surface area contributed by atoms with Gasteiger partial charge in [-0.05, 0) is 18.3 Å². The SMILES string of the molecule is CC[C@@H](N)C(=O)NC1C2CNCC21.Cl. The van der Waals surface area contributed by atoms with Crippen LogP contribution >= 0.6 is 12.4 Å². The van der Waals surface area contributed by atoms with E-state index in [1.54, 1.807) is 0 Å². The summed E-state index contributed by atoms with van der Waals surface area (Å²) in [6, 6.07) is 0.0839. The molecule has 0 bridgehead atoms. The summed E-state index contributed by atoms with van der Waals surface area (Å²) in [6.45, 7) is 4.04. The largest absolute Gasteiger partial charge is 0.351 e. The van der Waals surface area contributed by atoms with Crippen molar-refractivity contribution in [3.8, 4) is 0 Å². The van der Waals surface area contributed by atoms with E-state index in [2.05, 4.69) is 10.6 Å². The van der Waals surface area contributed by atoms with Gasteiger partial charge in [0.1, 0.15) is 0 Å². The molecule has 0 aromatic carbocycles. The number of piperidine rings is 1. The van der Waals surface area contributed by atoms with Gasteiger partial charge in [-0.2, -0.15) is 0 Å². The zero-order valence-corrected chi connectivity index (χ0v) is 9.14. The molecule has 4 N–H and O–H groups in total. The molecule has 2 fully saturated rings. The molecule has 1 saturated carbocycles. The van der Waals surface area contributed by atoms with Gasteiger partial charge in [0.15, 0.2) is 0 Å². The highest BCUT2D eigenvalue weighted by atomic mass is 35.5. The topological polar surface area (TPSA) is 67.2 Å². The van der Waals surface area contributed by atoms with E-state index in [0.717, 1.165) is 13.1 Å². The molecule has 0 radical (unpaired) electrons. The lowest BCUT2D eigenvalue weighted by molar-refractivity contribution is -0.122. The maximum absolute atomic E-state index is 11.4. The summed E-state index contributed by atoms with van der Waals surface area (Å²) >= 11 is 0. The number of rotatable bonds is 3. The lowest BCUT2D eigenvalue weighted by Crippen LogP contribution is -2.43. The predicted octanol–water partition coefficient (Wildman–Crippen LogP) is -0.520. The third kappa shape index (κ3) is 2.02. The molecule has 2 aliphatic rings. The highest BCUT2D eigenvalue weighted by Gasteiger charge is 2.53. The van der Waals surface area contributed by atoms with Crippen LogP contribution in [0.3, 0.4) is 0 Å². The second-order valence-corrected chi connectivity index (χ2v) is 4.04. The van der Waals surface area contributed by atoms with Crippen molar-refractivity contribution in [3.05, 3.63) is 0 Å². The standard InChI is InChI=1S/C9H17N3O.ClH/c1-2-7(10)9(13)12-8-5-3-11-4-6(5)8;/h5-8,11H,2-4,10H2,1H3,(H,12,13);1H/t5?,6?,7-,8?;/m1./s1.